The molecule has 1 aromatic heterocycles. The molecule has 1 aromatic carbocycles. The van der Waals surface area contributed by atoms with Gasteiger partial charge in [0, 0.05) is 10.9 Å². The molecule has 0 atom stereocenters. The van der Waals surface area contributed by atoms with Crippen molar-refractivity contribution in [1.29, 1.82) is 0 Å². The molecule has 0 aliphatic heterocycles. The summed E-state index contributed by atoms with van der Waals surface area (Å²) in [5, 5.41) is 10.7. The molecule has 0 radical (unpaired) electrons. The van der Waals surface area contributed by atoms with Crippen LogP contribution < -0.4 is 4.74 Å². The number of aromatic nitrogens is 2. The Kier molecular flexibility index (Phi) is 4.17. The van der Waals surface area contributed by atoms with E-state index in [4.69, 9.17) is 9.84 Å². The average Bonchev–Trinajstić information content (AvgIpc) is 2.43. The van der Waals surface area contributed by atoms with Crippen LogP contribution in [0.3, 0.4) is 0 Å². The van der Waals surface area contributed by atoms with Gasteiger partial charge in [0.2, 0.25) is 0 Å². The molecule has 2 rings (SSSR count). The Morgan fingerprint density at radius 1 is 1.39 bits per heavy atom. The summed E-state index contributed by atoms with van der Waals surface area (Å²) in [5.41, 5.74) is 1.76. The number of nitrogens with zero attached hydrogens (tertiary/aromatic N) is 2. The van der Waals surface area contributed by atoms with Gasteiger partial charge in [-0.2, -0.15) is 0 Å². The van der Waals surface area contributed by atoms with Gasteiger partial charge < -0.3 is 9.84 Å². The summed E-state index contributed by atoms with van der Waals surface area (Å²) in [5.74, 6) is 0.748. The molecule has 5 heteroatoms. The third-order valence-electron chi connectivity index (χ3n) is 2.55. The molecule has 4 nitrogen and oxygen atoms in total. The lowest BCUT2D eigenvalue weighted by atomic mass is 10.1. The van der Waals surface area contributed by atoms with Gasteiger partial charge in [-0.3, -0.25) is 0 Å². The van der Waals surface area contributed by atoms with E-state index in [1.54, 1.807) is 31.3 Å². The lowest BCUT2D eigenvalue weighted by Gasteiger charge is -2.08. The van der Waals surface area contributed by atoms with E-state index < -0.39 is 0 Å². The fraction of sp³-hybridized carbons (Fsp3) is 0.231. The van der Waals surface area contributed by atoms with Crippen LogP contribution in [0, 0.1) is 0 Å². The molecule has 0 aliphatic rings. The fourth-order valence-electron chi connectivity index (χ4n) is 1.73. The summed E-state index contributed by atoms with van der Waals surface area (Å²) in [4.78, 5) is 8.49. The maximum absolute atomic E-state index is 8.83. The normalized spacial score (nSPS) is 11.3. The first-order valence-electron chi connectivity index (χ1n) is 5.44. The number of aliphatic hydroxyl groups is 1. The third kappa shape index (κ3) is 2.47. The van der Waals surface area contributed by atoms with Crippen molar-refractivity contribution < 1.29 is 9.84 Å². The fourth-order valence-corrected chi connectivity index (χ4v) is 2.26. The zero-order valence-corrected chi connectivity index (χ0v) is 11.1. The van der Waals surface area contributed by atoms with Crippen molar-refractivity contribution in [3.8, 4) is 5.75 Å². The van der Waals surface area contributed by atoms with E-state index in [9.17, 15) is 0 Å². The maximum Gasteiger partial charge on any atom is 0.126 e. The van der Waals surface area contributed by atoms with Crippen LogP contribution in [0.15, 0.2) is 29.6 Å². The first kappa shape index (κ1) is 12.9. The SMILES string of the molecule is COc1cc2c(SC)ncnc2cc1C=CCO. The van der Waals surface area contributed by atoms with E-state index in [0.717, 1.165) is 27.2 Å². The number of hydrogen-bond acceptors (Lipinski definition) is 5. The molecule has 0 aliphatic carbocycles. The van der Waals surface area contributed by atoms with Crippen LogP contribution in [0.5, 0.6) is 5.75 Å². The minimum atomic E-state index is 0.00102. The van der Waals surface area contributed by atoms with E-state index in [2.05, 4.69) is 9.97 Å². The number of thioether (sulfide) groups is 1. The number of rotatable bonds is 4. The Bertz CT molecular complexity index is 584. The van der Waals surface area contributed by atoms with Crippen LogP contribution in [-0.2, 0) is 0 Å². The highest BCUT2D eigenvalue weighted by molar-refractivity contribution is 7.98. The van der Waals surface area contributed by atoms with Gasteiger partial charge in [0.1, 0.15) is 17.1 Å². The number of aliphatic hydroxyl groups excluding tert-OH is 1. The molecule has 94 valence electrons. The van der Waals surface area contributed by atoms with Crippen molar-refractivity contribution in [3.05, 3.63) is 30.1 Å². The summed E-state index contributed by atoms with van der Waals surface area (Å²) in [6.45, 7) is 0.00102. The maximum atomic E-state index is 8.83. The van der Waals surface area contributed by atoms with Crippen molar-refractivity contribution >= 4 is 28.7 Å². The van der Waals surface area contributed by atoms with Crippen LogP contribution >= 0.6 is 11.8 Å². The molecule has 2 aromatic rings. The lowest BCUT2D eigenvalue weighted by Crippen LogP contribution is -1.92. The highest BCUT2D eigenvalue weighted by Gasteiger charge is 2.08. The molecular formula is C13H14N2O2S. The summed E-state index contributed by atoms with van der Waals surface area (Å²) >= 11 is 1.58. The van der Waals surface area contributed by atoms with Crippen molar-refractivity contribution in [2.24, 2.45) is 0 Å². The largest absolute Gasteiger partial charge is 0.496 e. The summed E-state index contributed by atoms with van der Waals surface area (Å²) < 4.78 is 5.35. The van der Waals surface area contributed by atoms with Gasteiger partial charge >= 0.3 is 0 Å². The van der Waals surface area contributed by atoms with E-state index in [1.165, 1.54) is 0 Å². The van der Waals surface area contributed by atoms with Crippen LogP contribution in [0.2, 0.25) is 0 Å². The molecule has 0 unspecified atom stereocenters. The number of ether oxygens (including phenoxy) is 1. The van der Waals surface area contributed by atoms with Crippen molar-refractivity contribution in [3.63, 3.8) is 0 Å². The predicted molar refractivity (Wildman–Crippen MR) is 74.0 cm³/mol. The molecule has 0 bridgehead atoms. The van der Waals surface area contributed by atoms with E-state index in [1.807, 2.05) is 24.5 Å². The smallest absolute Gasteiger partial charge is 0.126 e. The zero-order valence-electron chi connectivity index (χ0n) is 10.3. The molecule has 0 amide bonds. The minimum absolute atomic E-state index is 0.00102. The molecule has 0 saturated carbocycles. The quantitative estimate of drug-likeness (QED) is 0.677. The second-order valence-corrected chi connectivity index (χ2v) is 4.37. The van der Waals surface area contributed by atoms with Gasteiger partial charge in [-0.05, 0) is 18.4 Å². The highest BCUT2D eigenvalue weighted by atomic mass is 32.2. The van der Waals surface area contributed by atoms with Crippen molar-refractivity contribution in [2.45, 2.75) is 5.03 Å². The van der Waals surface area contributed by atoms with Crippen LogP contribution in [-0.4, -0.2) is 35.0 Å². The van der Waals surface area contributed by atoms with Gasteiger partial charge in [-0.1, -0.05) is 12.2 Å². The van der Waals surface area contributed by atoms with Crippen LogP contribution in [0.25, 0.3) is 17.0 Å². The monoisotopic (exact) mass is 262 g/mol. The lowest BCUT2D eigenvalue weighted by molar-refractivity contribution is 0.343. The standard InChI is InChI=1S/C13H14N2O2S/c1-17-12-7-10-11(6-9(12)4-3-5-16)14-8-15-13(10)18-2/h3-4,6-8,16H,5H2,1-2H3. The van der Waals surface area contributed by atoms with Crippen LogP contribution in [0.1, 0.15) is 5.56 Å². The molecule has 1 heterocycles. The highest BCUT2D eigenvalue weighted by Crippen LogP contribution is 2.30. The molecule has 0 spiro atoms. The van der Waals surface area contributed by atoms with Gasteiger partial charge in [-0.15, -0.1) is 11.8 Å². The molecule has 0 saturated heterocycles. The van der Waals surface area contributed by atoms with Crippen LogP contribution in [0.4, 0.5) is 0 Å². The summed E-state index contributed by atoms with van der Waals surface area (Å²) in [7, 11) is 1.63. The molecule has 0 fully saturated rings. The van der Waals surface area contributed by atoms with E-state index in [-0.39, 0.29) is 6.61 Å². The van der Waals surface area contributed by atoms with E-state index >= 15 is 0 Å². The summed E-state index contributed by atoms with van der Waals surface area (Å²) in [6, 6.07) is 3.86. The average molecular weight is 262 g/mol. The predicted octanol–water partition coefficient (Wildman–Crippen LogP) is 2.37. The Morgan fingerprint density at radius 3 is 2.89 bits per heavy atom. The molecule has 1 N–H and O–H groups in total. The first-order valence-corrected chi connectivity index (χ1v) is 6.66. The summed E-state index contributed by atoms with van der Waals surface area (Å²) in [6.07, 6.45) is 7.02. The number of hydrogen-bond donors (Lipinski definition) is 1. The van der Waals surface area contributed by atoms with Crippen molar-refractivity contribution in [2.75, 3.05) is 20.0 Å². The first-order chi connectivity index (χ1) is 8.80. The third-order valence-corrected chi connectivity index (χ3v) is 3.26. The Morgan fingerprint density at radius 2 is 2.22 bits per heavy atom. The van der Waals surface area contributed by atoms with Gasteiger partial charge in [0.05, 0.1) is 19.2 Å². The van der Waals surface area contributed by atoms with Crippen molar-refractivity contribution in [1.82, 2.24) is 9.97 Å². The second kappa shape index (κ2) is 5.84. The number of fused-ring (bicyclic) bond motifs is 1. The molecule has 18 heavy (non-hydrogen) atoms. The Balaban J connectivity index is 2.64. The number of methoxy groups -OCH3 is 1. The topological polar surface area (TPSA) is 55.2 Å². The Hall–Kier alpha value is -1.59. The zero-order chi connectivity index (χ0) is 13.0. The minimum Gasteiger partial charge on any atom is -0.496 e. The van der Waals surface area contributed by atoms with Gasteiger partial charge in [0.25, 0.3) is 0 Å². The number of benzene rings is 1. The van der Waals surface area contributed by atoms with Gasteiger partial charge in [0.15, 0.2) is 0 Å². The Labute approximate surface area is 110 Å². The molecular weight excluding hydrogens is 248 g/mol. The second-order valence-electron chi connectivity index (χ2n) is 3.58. The van der Waals surface area contributed by atoms with Gasteiger partial charge in [-0.25, -0.2) is 9.97 Å². The van der Waals surface area contributed by atoms with E-state index in [0.29, 0.717) is 0 Å².